The van der Waals surface area contributed by atoms with Crippen LogP contribution in [0.15, 0.2) is 59.1 Å². The molecule has 2 aromatic carbocycles. The average Bonchev–Trinajstić information content (AvgIpc) is 2.45. The maximum absolute atomic E-state index is 11.6. The van der Waals surface area contributed by atoms with Crippen molar-refractivity contribution < 1.29 is 9.53 Å². The first-order valence-electron chi connectivity index (χ1n) is 5.93. The molecule has 2 rings (SSSR count). The number of rotatable bonds is 5. The molecule has 1 N–H and O–H groups in total. The van der Waals surface area contributed by atoms with Crippen molar-refractivity contribution in [3.63, 3.8) is 0 Å². The van der Waals surface area contributed by atoms with Crippen molar-refractivity contribution in [1.82, 2.24) is 5.32 Å². The second kappa shape index (κ2) is 6.95. The molecule has 98 valence electrons. The van der Waals surface area contributed by atoms with Crippen molar-refractivity contribution in [1.29, 1.82) is 0 Å². The molecule has 0 heterocycles. The number of halogens is 1. The van der Waals surface area contributed by atoms with Crippen molar-refractivity contribution in [3.8, 4) is 5.75 Å². The van der Waals surface area contributed by atoms with E-state index in [2.05, 4.69) is 21.2 Å². The number of para-hydroxylation sites is 1. The SMILES string of the molecule is O=C(COc1ccccc1)NCc1ccccc1Br. The molecule has 19 heavy (non-hydrogen) atoms. The van der Waals surface area contributed by atoms with Gasteiger partial charge in [-0.3, -0.25) is 4.79 Å². The molecule has 0 unspecified atom stereocenters. The molecule has 0 bridgehead atoms. The molecule has 0 radical (unpaired) electrons. The van der Waals surface area contributed by atoms with E-state index in [1.807, 2.05) is 54.6 Å². The van der Waals surface area contributed by atoms with Crippen LogP contribution < -0.4 is 10.1 Å². The fourth-order valence-corrected chi connectivity index (χ4v) is 1.98. The Hall–Kier alpha value is -1.81. The minimum atomic E-state index is -0.139. The number of ether oxygens (including phenoxy) is 1. The van der Waals surface area contributed by atoms with E-state index in [9.17, 15) is 4.79 Å². The molecule has 0 aromatic heterocycles. The van der Waals surface area contributed by atoms with Crippen LogP contribution in [-0.2, 0) is 11.3 Å². The van der Waals surface area contributed by atoms with Crippen LogP contribution in [0, 0.1) is 0 Å². The normalized spacial score (nSPS) is 9.95. The topological polar surface area (TPSA) is 38.3 Å². The maximum atomic E-state index is 11.6. The summed E-state index contributed by atoms with van der Waals surface area (Å²) in [5, 5.41) is 2.82. The first-order chi connectivity index (χ1) is 9.25. The maximum Gasteiger partial charge on any atom is 0.258 e. The van der Waals surface area contributed by atoms with Gasteiger partial charge in [0.1, 0.15) is 5.75 Å². The average molecular weight is 320 g/mol. The van der Waals surface area contributed by atoms with E-state index >= 15 is 0 Å². The number of amides is 1. The van der Waals surface area contributed by atoms with Gasteiger partial charge in [-0.25, -0.2) is 0 Å². The molecular weight excluding hydrogens is 306 g/mol. The monoisotopic (exact) mass is 319 g/mol. The largest absolute Gasteiger partial charge is 0.484 e. The van der Waals surface area contributed by atoms with Crippen LogP contribution in [0.2, 0.25) is 0 Å². The van der Waals surface area contributed by atoms with Gasteiger partial charge in [-0.2, -0.15) is 0 Å². The van der Waals surface area contributed by atoms with Gasteiger partial charge >= 0.3 is 0 Å². The van der Waals surface area contributed by atoms with E-state index in [1.54, 1.807) is 0 Å². The van der Waals surface area contributed by atoms with E-state index in [4.69, 9.17) is 4.74 Å². The Bertz CT molecular complexity index is 543. The molecule has 3 nitrogen and oxygen atoms in total. The lowest BCUT2D eigenvalue weighted by atomic mass is 10.2. The Morgan fingerprint density at radius 3 is 2.47 bits per heavy atom. The summed E-state index contributed by atoms with van der Waals surface area (Å²) < 4.78 is 6.35. The molecule has 0 atom stereocenters. The minimum absolute atomic E-state index is 0.0223. The van der Waals surface area contributed by atoms with E-state index in [1.165, 1.54) is 0 Å². The number of nitrogens with one attached hydrogen (secondary N) is 1. The minimum Gasteiger partial charge on any atom is -0.484 e. The summed E-state index contributed by atoms with van der Waals surface area (Å²) in [6.07, 6.45) is 0. The first kappa shape index (κ1) is 13.6. The Balaban J connectivity index is 1.78. The quantitative estimate of drug-likeness (QED) is 0.919. The van der Waals surface area contributed by atoms with Crippen molar-refractivity contribution >= 4 is 21.8 Å². The summed E-state index contributed by atoms with van der Waals surface area (Å²) in [7, 11) is 0. The van der Waals surface area contributed by atoms with Gasteiger partial charge in [0.05, 0.1) is 0 Å². The molecule has 0 saturated carbocycles. The summed E-state index contributed by atoms with van der Waals surface area (Å²) in [5.41, 5.74) is 1.04. The molecule has 4 heteroatoms. The molecule has 0 saturated heterocycles. The van der Waals surface area contributed by atoms with Crippen LogP contribution in [0.25, 0.3) is 0 Å². The second-order valence-electron chi connectivity index (χ2n) is 3.97. The molecule has 0 aliphatic heterocycles. The summed E-state index contributed by atoms with van der Waals surface area (Å²) in [6, 6.07) is 17.1. The first-order valence-corrected chi connectivity index (χ1v) is 6.73. The number of carbonyl (C=O) groups is 1. The highest BCUT2D eigenvalue weighted by molar-refractivity contribution is 9.10. The summed E-state index contributed by atoms with van der Waals surface area (Å²) >= 11 is 3.44. The van der Waals surface area contributed by atoms with Crippen LogP contribution in [0.3, 0.4) is 0 Å². The summed E-state index contributed by atoms with van der Waals surface area (Å²) in [4.78, 5) is 11.6. The lowest BCUT2D eigenvalue weighted by molar-refractivity contribution is -0.123. The van der Waals surface area contributed by atoms with Gasteiger partial charge in [0.25, 0.3) is 5.91 Å². The standard InChI is InChI=1S/C15H14BrNO2/c16-14-9-5-4-6-12(14)10-17-15(18)11-19-13-7-2-1-3-8-13/h1-9H,10-11H2,(H,17,18). The van der Waals surface area contributed by atoms with Crippen LogP contribution in [0.5, 0.6) is 5.75 Å². The number of hydrogen-bond acceptors (Lipinski definition) is 2. The Kier molecular flexibility index (Phi) is 4.98. The highest BCUT2D eigenvalue weighted by Gasteiger charge is 2.04. The lowest BCUT2D eigenvalue weighted by Crippen LogP contribution is -2.28. The van der Waals surface area contributed by atoms with Gasteiger partial charge in [0.15, 0.2) is 6.61 Å². The van der Waals surface area contributed by atoms with Crippen LogP contribution in [0.1, 0.15) is 5.56 Å². The fraction of sp³-hybridized carbons (Fsp3) is 0.133. The Morgan fingerprint density at radius 2 is 1.74 bits per heavy atom. The summed E-state index contributed by atoms with van der Waals surface area (Å²) in [6.45, 7) is 0.507. The number of hydrogen-bond donors (Lipinski definition) is 1. The van der Waals surface area contributed by atoms with Gasteiger partial charge in [-0.05, 0) is 23.8 Å². The third-order valence-corrected chi connectivity index (χ3v) is 3.32. The molecular formula is C15H14BrNO2. The van der Waals surface area contributed by atoms with Gasteiger partial charge in [-0.1, -0.05) is 52.3 Å². The van der Waals surface area contributed by atoms with E-state index in [0.29, 0.717) is 12.3 Å². The highest BCUT2D eigenvalue weighted by Crippen LogP contribution is 2.15. The highest BCUT2D eigenvalue weighted by atomic mass is 79.9. The van der Waals surface area contributed by atoms with Crippen molar-refractivity contribution in [2.75, 3.05) is 6.61 Å². The fourth-order valence-electron chi connectivity index (χ4n) is 1.55. The third kappa shape index (κ3) is 4.41. The molecule has 0 aliphatic carbocycles. The Morgan fingerprint density at radius 1 is 1.05 bits per heavy atom. The van der Waals surface area contributed by atoms with Crippen molar-refractivity contribution in [3.05, 3.63) is 64.6 Å². The van der Waals surface area contributed by atoms with E-state index < -0.39 is 0 Å². The smallest absolute Gasteiger partial charge is 0.258 e. The number of carbonyl (C=O) groups excluding carboxylic acids is 1. The zero-order valence-corrected chi connectivity index (χ0v) is 11.9. The van der Waals surface area contributed by atoms with E-state index in [0.717, 1.165) is 10.0 Å². The van der Waals surface area contributed by atoms with Crippen molar-refractivity contribution in [2.45, 2.75) is 6.54 Å². The predicted octanol–water partition coefficient (Wildman–Crippen LogP) is 3.14. The second-order valence-corrected chi connectivity index (χ2v) is 4.82. The predicted molar refractivity (Wildman–Crippen MR) is 77.9 cm³/mol. The van der Waals surface area contributed by atoms with Gasteiger partial charge in [-0.15, -0.1) is 0 Å². The van der Waals surface area contributed by atoms with Crippen LogP contribution in [-0.4, -0.2) is 12.5 Å². The summed E-state index contributed by atoms with van der Waals surface area (Å²) in [5.74, 6) is 0.554. The van der Waals surface area contributed by atoms with Gasteiger partial charge in [0.2, 0.25) is 0 Å². The number of benzene rings is 2. The van der Waals surface area contributed by atoms with E-state index in [-0.39, 0.29) is 12.5 Å². The van der Waals surface area contributed by atoms with Gasteiger partial charge < -0.3 is 10.1 Å². The zero-order chi connectivity index (χ0) is 13.5. The third-order valence-electron chi connectivity index (χ3n) is 2.55. The lowest BCUT2D eigenvalue weighted by Gasteiger charge is -2.08. The Labute approximate surface area is 120 Å². The van der Waals surface area contributed by atoms with Crippen molar-refractivity contribution in [2.24, 2.45) is 0 Å². The molecule has 2 aromatic rings. The zero-order valence-electron chi connectivity index (χ0n) is 10.3. The van der Waals surface area contributed by atoms with Crippen LogP contribution in [0.4, 0.5) is 0 Å². The molecule has 1 amide bonds. The molecule has 0 spiro atoms. The van der Waals surface area contributed by atoms with Crippen LogP contribution >= 0.6 is 15.9 Å². The molecule has 0 aliphatic rings. The molecule has 0 fully saturated rings. The van der Waals surface area contributed by atoms with Gasteiger partial charge in [0, 0.05) is 11.0 Å².